The molecule has 0 bridgehead atoms. The number of benzene rings is 1. The maximum absolute atomic E-state index is 12.5. The second-order valence-electron chi connectivity index (χ2n) is 7.58. The summed E-state index contributed by atoms with van der Waals surface area (Å²) in [6.07, 6.45) is 10.4. The molecule has 1 saturated carbocycles. The summed E-state index contributed by atoms with van der Waals surface area (Å²) in [6.45, 7) is 4.67. The minimum absolute atomic E-state index is 0.0235. The largest absolute Gasteiger partial charge is 0.481 e. The van der Waals surface area contributed by atoms with Crippen LogP contribution in [0.4, 0.5) is 0 Å². The lowest BCUT2D eigenvalue weighted by atomic mass is 9.50. The van der Waals surface area contributed by atoms with Crippen molar-refractivity contribution in [3.8, 4) is 18.1 Å². The van der Waals surface area contributed by atoms with Gasteiger partial charge in [-0.2, -0.15) is 0 Å². The number of carbonyl (C=O) groups excluding carboxylic acids is 1. The highest BCUT2D eigenvalue weighted by atomic mass is 16.5. The summed E-state index contributed by atoms with van der Waals surface area (Å²) in [5, 5.41) is 0. The van der Waals surface area contributed by atoms with Crippen molar-refractivity contribution in [2.45, 2.75) is 51.4 Å². The molecule has 0 heterocycles. The minimum atomic E-state index is -0.408. The van der Waals surface area contributed by atoms with E-state index in [0.717, 1.165) is 37.9 Å². The van der Waals surface area contributed by atoms with Gasteiger partial charge in [0.05, 0.1) is 12.5 Å². The molecule has 128 valence electrons. The van der Waals surface area contributed by atoms with Crippen LogP contribution >= 0.6 is 0 Å². The van der Waals surface area contributed by atoms with Crippen LogP contribution in [0.15, 0.2) is 18.2 Å². The van der Waals surface area contributed by atoms with Crippen molar-refractivity contribution in [3.63, 3.8) is 0 Å². The average Bonchev–Trinajstić information content (AvgIpc) is 2.59. The highest BCUT2D eigenvalue weighted by Crippen LogP contribution is 2.57. The Bertz CT molecular complexity index is 687. The lowest BCUT2D eigenvalue weighted by molar-refractivity contribution is -0.161. The van der Waals surface area contributed by atoms with Crippen molar-refractivity contribution >= 4 is 5.97 Å². The molecule has 0 spiro atoms. The number of fused-ring (bicyclic) bond motifs is 3. The molecule has 0 unspecified atom stereocenters. The zero-order chi connectivity index (χ0) is 17.4. The van der Waals surface area contributed by atoms with E-state index in [9.17, 15) is 4.79 Å². The van der Waals surface area contributed by atoms with Crippen molar-refractivity contribution in [1.29, 1.82) is 0 Å². The van der Waals surface area contributed by atoms with Crippen molar-refractivity contribution < 1.29 is 14.3 Å². The summed E-state index contributed by atoms with van der Waals surface area (Å²) in [6, 6.07) is 6.30. The summed E-state index contributed by atoms with van der Waals surface area (Å²) in [5.74, 6) is 3.56. The maximum atomic E-state index is 12.5. The fourth-order valence-corrected chi connectivity index (χ4v) is 5.13. The summed E-state index contributed by atoms with van der Waals surface area (Å²) in [5.41, 5.74) is 2.26. The van der Waals surface area contributed by atoms with Crippen LogP contribution in [0.1, 0.15) is 50.7 Å². The van der Waals surface area contributed by atoms with Gasteiger partial charge in [0.2, 0.25) is 0 Å². The fraction of sp³-hybridized carbons (Fsp3) is 0.571. The number of aryl methyl sites for hydroxylation is 1. The zero-order valence-corrected chi connectivity index (χ0v) is 14.9. The SMILES string of the molecule is C#CCOc1ccc2c(c1)[C@@]1(C)CCC[C@](C)(C(=O)OC)[C@@H]1CC2. The molecule has 1 fully saturated rings. The number of methoxy groups -OCH3 is 1. The van der Waals surface area contributed by atoms with Crippen molar-refractivity contribution in [3.05, 3.63) is 29.3 Å². The molecule has 0 saturated heterocycles. The quantitative estimate of drug-likeness (QED) is 0.624. The molecule has 2 aliphatic carbocycles. The predicted molar refractivity (Wildman–Crippen MR) is 93.9 cm³/mol. The Balaban J connectivity index is 2.03. The van der Waals surface area contributed by atoms with E-state index in [1.807, 2.05) is 6.07 Å². The van der Waals surface area contributed by atoms with Gasteiger partial charge >= 0.3 is 5.97 Å². The molecule has 3 atom stereocenters. The Labute approximate surface area is 144 Å². The second-order valence-corrected chi connectivity index (χ2v) is 7.58. The smallest absolute Gasteiger partial charge is 0.311 e. The molecule has 3 nitrogen and oxygen atoms in total. The third-order valence-corrected chi connectivity index (χ3v) is 6.30. The van der Waals surface area contributed by atoms with Crippen LogP contribution in [0.25, 0.3) is 0 Å². The summed E-state index contributed by atoms with van der Waals surface area (Å²) < 4.78 is 10.8. The predicted octanol–water partition coefficient (Wildman–Crippen LogP) is 3.88. The van der Waals surface area contributed by atoms with Crippen LogP contribution in [-0.4, -0.2) is 19.7 Å². The molecule has 0 N–H and O–H groups in total. The van der Waals surface area contributed by atoms with E-state index in [2.05, 4.69) is 31.9 Å². The zero-order valence-electron chi connectivity index (χ0n) is 14.9. The van der Waals surface area contributed by atoms with Gasteiger partial charge in [-0.3, -0.25) is 4.79 Å². The lowest BCUT2D eigenvalue weighted by Gasteiger charge is -2.54. The Morgan fingerprint density at radius 2 is 2.17 bits per heavy atom. The van der Waals surface area contributed by atoms with Gasteiger partial charge in [-0.25, -0.2) is 0 Å². The average molecular weight is 326 g/mol. The van der Waals surface area contributed by atoms with Gasteiger partial charge in [0.15, 0.2) is 0 Å². The number of terminal acetylenes is 1. The first-order valence-corrected chi connectivity index (χ1v) is 8.74. The number of carbonyl (C=O) groups is 1. The lowest BCUT2D eigenvalue weighted by Crippen LogP contribution is -2.52. The van der Waals surface area contributed by atoms with E-state index >= 15 is 0 Å². The third kappa shape index (κ3) is 2.49. The molecule has 2 aliphatic rings. The minimum Gasteiger partial charge on any atom is -0.481 e. The normalized spacial score (nSPS) is 31.3. The van der Waals surface area contributed by atoms with E-state index in [-0.39, 0.29) is 18.0 Å². The van der Waals surface area contributed by atoms with Gasteiger partial charge in [-0.15, -0.1) is 6.42 Å². The third-order valence-electron chi connectivity index (χ3n) is 6.30. The van der Waals surface area contributed by atoms with E-state index in [1.165, 1.54) is 18.2 Å². The van der Waals surface area contributed by atoms with Crippen LogP contribution in [0.3, 0.4) is 0 Å². The maximum Gasteiger partial charge on any atom is 0.311 e. The van der Waals surface area contributed by atoms with Gasteiger partial charge in [-0.1, -0.05) is 25.3 Å². The van der Waals surface area contributed by atoms with Crippen LogP contribution < -0.4 is 4.74 Å². The Morgan fingerprint density at radius 3 is 2.88 bits per heavy atom. The molecule has 0 radical (unpaired) electrons. The Kier molecular flexibility index (Phi) is 4.34. The first-order chi connectivity index (χ1) is 11.5. The van der Waals surface area contributed by atoms with Crippen LogP contribution in [-0.2, 0) is 21.4 Å². The molecule has 3 heteroatoms. The van der Waals surface area contributed by atoms with Crippen molar-refractivity contribution in [2.24, 2.45) is 11.3 Å². The number of esters is 1. The van der Waals surface area contributed by atoms with Gasteiger partial charge in [0.25, 0.3) is 0 Å². The summed E-state index contributed by atoms with van der Waals surface area (Å²) in [7, 11) is 1.50. The molecular formula is C21H26O3. The van der Waals surface area contributed by atoms with Crippen molar-refractivity contribution in [2.75, 3.05) is 13.7 Å². The van der Waals surface area contributed by atoms with Gasteiger partial charge < -0.3 is 9.47 Å². The Morgan fingerprint density at radius 1 is 1.38 bits per heavy atom. The number of hydrogen-bond donors (Lipinski definition) is 0. The molecule has 0 amide bonds. The van der Waals surface area contributed by atoms with Crippen LogP contribution in [0.5, 0.6) is 5.75 Å². The summed E-state index contributed by atoms with van der Waals surface area (Å²) >= 11 is 0. The van der Waals surface area contributed by atoms with Crippen LogP contribution in [0, 0.1) is 23.7 Å². The molecular weight excluding hydrogens is 300 g/mol. The Hall–Kier alpha value is -1.95. The topological polar surface area (TPSA) is 35.5 Å². The molecule has 3 rings (SSSR count). The highest BCUT2D eigenvalue weighted by molar-refractivity contribution is 5.77. The van der Waals surface area contributed by atoms with E-state index < -0.39 is 5.41 Å². The molecule has 0 aromatic heterocycles. The molecule has 24 heavy (non-hydrogen) atoms. The van der Waals surface area contributed by atoms with E-state index in [0.29, 0.717) is 5.92 Å². The van der Waals surface area contributed by atoms with Gasteiger partial charge in [-0.05, 0) is 67.2 Å². The first kappa shape index (κ1) is 16.9. The van der Waals surface area contributed by atoms with Gasteiger partial charge in [0.1, 0.15) is 12.4 Å². The number of hydrogen-bond acceptors (Lipinski definition) is 3. The first-order valence-electron chi connectivity index (χ1n) is 8.74. The summed E-state index contributed by atoms with van der Waals surface area (Å²) in [4.78, 5) is 12.5. The van der Waals surface area contributed by atoms with E-state index in [4.69, 9.17) is 15.9 Å². The second kappa shape index (κ2) is 6.16. The van der Waals surface area contributed by atoms with Gasteiger partial charge in [0, 0.05) is 0 Å². The standard InChI is InChI=1S/C21H26O3/c1-5-13-24-16-9-7-15-8-10-18-20(2,17(15)14-16)11-6-12-21(18,3)19(22)23-4/h1,7,9,14,18H,6,8,10-13H2,2-4H3/t18-,20-,21+/m1/s1. The van der Waals surface area contributed by atoms with E-state index in [1.54, 1.807) is 0 Å². The monoisotopic (exact) mass is 326 g/mol. The van der Waals surface area contributed by atoms with Crippen LogP contribution in [0.2, 0.25) is 0 Å². The fourth-order valence-electron chi connectivity index (χ4n) is 5.13. The molecule has 0 aliphatic heterocycles. The number of rotatable bonds is 3. The molecule has 1 aromatic rings. The highest BCUT2D eigenvalue weighted by Gasteiger charge is 2.55. The number of ether oxygens (including phenoxy) is 2. The van der Waals surface area contributed by atoms with Crippen molar-refractivity contribution in [1.82, 2.24) is 0 Å². The molecule has 1 aromatic carbocycles.